The van der Waals surface area contributed by atoms with Gasteiger partial charge in [-0.05, 0) is 17.7 Å². The summed E-state index contributed by atoms with van der Waals surface area (Å²) in [5, 5.41) is 11.7. The molecule has 0 aliphatic carbocycles. The standard InChI is InChI=1S/C13H13N3O3/c17-13(18)9-1-2-10-11(7-9)14-8-15-12(10)16-3-5-19-6-4-16/h1-2,7-8H,3-6H2,(H,17,18)/p-1. The van der Waals surface area contributed by atoms with Gasteiger partial charge in [0.05, 0.1) is 24.7 Å². The lowest BCUT2D eigenvalue weighted by Crippen LogP contribution is -2.36. The molecule has 0 N–H and O–H groups in total. The van der Waals surface area contributed by atoms with E-state index in [1.807, 2.05) is 0 Å². The second kappa shape index (κ2) is 4.81. The molecule has 1 aromatic carbocycles. The molecule has 0 saturated carbocycles. The molecule has 0 unspecified atom stereocenters. The number of fused-ring (bicyclic) bond motifs is 1. The fourth-order valence-corrected chi connectivity index (χ4v) is 2.20. The van der Waals surface area contributed by atoms with Crippen LogP contribution in [0.1, 0.15) is 10.4 Å². The lowest BCUT2D eigenvalue weighted by atomic mass is 10.1. The second-order valence-electron chi connectivity index (χ2n) is 4.32. The molecule has 0 amide bonds. The summed E-state index contributed by atoms with van der Waals surface area (Å²) >= 11 is 0. The number of nitrogens with zero attached hydrogens (tertiary/aromatic N) is 3. The van der Waals surface area contributed by atoms with Crippen LogP contribution in [0.2, 0.25) is 0 Å². The number of anilines is 1. The number of carbonyl (C=O) groups is 1. The molecule has 2 heterocycles. The van der Waals surface area contributed by atoms with Gasteiger partial charge in [-0.2, -0.15) is 0 Å². The predicted octanol–water partition coefficient (Wildman–Crippen LogP) is -0.170. The summed E-state index contributed by atoms with van der Waals surface area (Å²) in [6, 6.07) is 4.76. The molecule has 0 radical (unpaired) electrons. The van der Waals surface area contributed by atoms with E-state index < -0.39 is 5.97 Å². The molecule has 6 nitrogen and oxygen atoms in total. The highest BCUT2D eigenvalue weighted by molar-refractivity contribution is 5.95. The fourth-order valence-electron chi connectivity index (χ4n) is 2.20. The van der Waals surface area contributed by atoms with E-state index >= 15 is 0 Å². The van der Waals surface area contributed by atoms with Crippen molar-refractivity contribution in [2.45, 2.75) is 0 Å². The third kappa shape index (κ3) is 2.22. The van der Waals surface area contributed by atoms with Gasteiger partial charge in [-0.3, -0.25) is 0 Å². The highest BCUT2D eigenvalue weighted by atomic mass is 16.5. The van der Waals surface area contributed by atoms with Gasteiger partial charge in [0.1, 0.15) is 12.1 Å². The van der Waals surface area contributed by atoms with Crippen LogP contribution < -0.4 is 10.0 Å². The number of morpholine rings is 1. The SMILES string of the molecule is O=C([O-])c1ccc2c(N3CCOCC3)ncnc2c1. The molecule has 6 heteroatoms. The summed E-state index contributed by atoms with van der Waals surface area (Å²) < 4.78 is 5.31. The zero-order chi connectivity index (χ0) is 13.2. The number of ether oxygens (including phenoxy) is 1. The van der Waals surface area contributed by atoms with Crippen LogP contribution in [0.15, 0.2) is 24.5 Å². The average Bonchev–Trinajstić information content (AvgIpc) is 2.47. The quantitative estimate of drug-likeness (QED) is 0.744. The van der Waals surface area contributed by atoms with E-state index in [1.54, 1.807) is 6.07 Å². The van der Waals surface area contributed by atoms with Gasteiger partial charge in [-0.15, -0.1) is 0 Å². The van der Waals surface area contributed by atoms with Crippen molar-refractivity contribution in [1.29, 1.82) is 0 Å². The Balaban J connectivity index is 2.07. The molecule has 0 atom stereocenters. The molecule has 3 rings (SSSR count). The molecule has 1 aromatic heterocycles. The van der Waals surface area contributed by atoms with Gasteiger partial charge < -0.3 is 19.5 Å². The van der Waals surface area contributed by atoms with Gasteiger partial charge in [0, 0.05) is 18.5 Å². The van der Waals surface area contributed by atoms with E-state index in [2.05, 4.69) is 14.9 Å². The maximum atomic E-state index is 10.8. The first-order chi connectivity index (χ1) is 9.25. The highest BCUT2D eigenvalue weighted by Gasteiger charge is 2.15. The minimum absolute atomic E-state index is 0.124. The highest BCUT2D eigenvalue weighted by Crippen LogP contribution is 2.24. The molecule has 0 bridgehead atoms. The molecule has 19 heavy (non-hydrogen) atoms. The summed E-state index contributed by atoms with van der Waals surface area (Å²) in [4.78, 5) is 21.4. The topological polar surface area (TPSA) is 78.4 Å². The molecular weight excluding hydrogens is 246 g/mol. The zero-order valence-electron chi connectivity index (χ0n) is 10.2. The van der Waals surface area contributed by atoms with E-state index in [-0.39, 0.29) is 5.56 Å². The molecule has 1 fully saturated rings. The van der Waals surface area contributed by atoms with Crippen LogP contribution in [-0.4, -0.2) is 42.2 Å². The van der Waals surface area contributed by atoms with Crippen molar-refractivity contribution >= 4 is 22.7 Å². The van der Waals surface area contributed by atoms with Gasteiger partial charge in [0.15, 0.2) is 0 Å². The van der Waals surface area contributed by atoms with Crippen molar-refractivity contribution in [1.82, 2.24) is 9.97 Å². The van der Waals surface area contributed by atoms with Gasteiger partial charge in [0.2, 0.25) is 0 Å². The number of hydrogen-bond donors (Lipinski definition) is 0. The van der Waals surface area contributed by atoms with E-state index in [0.717, 1.165) is 24.3 Å². The average molecular weight is 258 g/mol. The number of benzene rings is 1. The summed E-state index contributed by atoms with van der Waals surface area (Å²) in [5.74, 6) is -0.383. The Kier molecular flexibility index (Phi) is 3.00. The third-order valence-electron chi connectivity index (χ3n) is 3.16. The summed E-state index contributed by atoms with van der Waals surface area (Å²) in [5.41, 5.74) is 0.734. The molecular formula is C13H12N3O3-. The van der Waals surface area contributed by atoms with Gasteiger partial charge in [0.25, 0.3) is 0 Å². The third-order valence-corrected chi connectivity index (χ3v) is 3.16. The van der Waals surface area contributed by atoms with E-state index in [0.29, 0.717) is 18.7 Å². The number of carboxylic acid groups (broad SMARTS) is 1. The molecule has 98 valence electrons. The minimum Gasteiger partial charge on any atom is -0.545 e. The van der Waals surface area contributed by atoms with E-state index in [9.17, 15) is 9.90 Å². The van der Waals surface area contributed by atoms with Crippen LogP contribution >= 0.6 is 0 Å². The molecule has 1 aliphatic rings. The molecule has 0 spiro atoms. The predicted molar refractivity (Wildman–Crippen MR) is 66.9 cm³/mol. The maximum Gasteiger partial charge on any atom is 0.140 e. The normalized spacial score (nSPS) is 15.7. The number of carboxylic acids is 1. The van der Waals surface area contributed by atoms with E-state index in [1.165, 1.54) is 18.5 Å². The van der Waals surface area contributed by atoms with Gasteiger partial charge in [-0.1, -0.05) is 6.07 Å². The van der Waals surface area contributed by atoms with Crippen molar-refractivity contribution in [3.63, 3.8) is 0 Å². The monoisotopic (exact) mass is 258 g/mol. The smallest absolute Gasteiger partial charge is 0.140 e. The van der Waals surface area contributed by atoms with Crippen LogP contribution in [0.5, 0.6) is 0 Å². The first kappa shape index (κ1) is 11.9. The fraction of sp³-hybridized carbons (Fsp3) is 0.308. The zero-order valence-corrected chi connectivity index (χ0v) is 10.2. The first-order valence-electron chi connectivity index (χ1n) is 6.04. The Bertz CT molecular complexity index is 624. The summed E-state index contributed by atoms with van der Waals surface area (Å²) in [6.07, 6.45) is 1.45. The Morgan fingerprint density at radius 3 is 2.79 bits per heavy atom. The van der Waals surface area contributed by atoms with Crippen LogP contribution in [0.3, 0.4) is 0 Å². The van der Waals surface area contributed by atoms with Crippen molar-refractivity contribution < 1.29 is 14.6 Å². The van der Waals surface area contributed by atoms with Crippen LogP contribution in [0, 0.1) is 0 Å². The van der Waals surface area contributed by atoms with Crippen LogP contribution in [-0.2, 0) is 4.74 Å². The molecule has 2 aromatic rings. The Hall–Kier alpha value is -2.21. The maximum absolute atomic E-state index is 10.8. The number of hydrogen-bond acceptors (Lipinski definition) is 6. The van der Waals surface area contributed by atoms with Crippen LogP contribution in [0.25, 0.3) is 10.9 Å². The van der Waals surface area contributed by atoms with Crippen molar-refractivity contribution in [2.24, 2.45) is 0 Å². The number of aromatic carboxylic acids is 1. The lowest BCUT2D eigenvalue weighted by Gasteiger charge is -2.28. The number of carbonyl (C=O) groups excluding carboxylic acids is 1. The second-order valence-corrected chi connectivity index (χ2v) is 4.32. The van der Waals surface area contributed by atoms with Gasteiger partial charge in [-0.25, -0.2) is 9.97 Å². The Morgan fingerprint density at radius 2 is 2.05 bits per heavy atom. The van der Waals surface area contributed by atoms with E-state index in [4.69, 9.17) is 4.74 Å². The summed E-state index contributed by atoms with van der Waals surface area (Å²) in [7, 11) is 0. The van der Waals surface area contributed by atoms with Crippen molar-refractivity contribution in [2.75, 3.05) is 31.2 Å². The van der Waals surface area contributed by atoms with Crippen molar-refractivity contribution in [3.8, 4) is 0 Å². The Labute approximate surface area is 109 Å². The lowest BCUT2D eigenvalue weighted by molar-refractivity contribution is -0.255. The largest absolute Gasteiger partial charge is 0.545 e. The van der Waals surface area contributed by atoms with Crippen molar-refractivity contribution in [3.05, 3.63) is 30.1 Å². The molecule has 1 aliphatic heterocycles. The first-order valence-corrected chi connectivity index (χ1v) is 6.04. The number of rotatable bonds is 2. The summed E-state index contributed by atoms with van der Waals surface area (Å²) in [6.45, 7) is 2.88. The molecule has 1 saturated heterocycles. The van der Waals surface area contributed by atoms with Crippen LogP contribution in [0.4, 0.5) is 5.82 Å². The van der Waals surface area contributed by atoms with Gasteiger partial charge >= 0.3 is 0 Å². The minimum atomic E-state index is -1.20. The Morgan fingerprint density at radius 1 is 1.26 bits per heavy atom. The number of aromatic nitrogens is 2.